The summed E-state index contributed by atoms with van der Waals surface area (Å²) in [5.74, 6) is 0.696. The van der Waals surface area contributed by atoms with Crippen LogP contribution in [-0.2, 0) is 0 Å². The average Bonchev–Trinajstić information content (AvgIpc) is 3.12. The number of ether oxygens (including phenoxy) is 1. The van der Waals surface area contributed by atoms with Crippen molar-refractivity contribution in [1.82, 2.24) is 4.98 Å². The van der Waals surface area contributed by atoms with Gasteiger partial charge in [-0.2, -0.15) is 0 Å². The fourth-order valence-corrected chi connectivity index (χ4v) is 3.30. The first kappa shape index (κ1) is 18.7. The van der Waals surface area contributed by atoms with Crippen LogP contribution in [0.15, 0.2) is 42.6 Å². The van der Waals surface area contributed by atoms with E-state index in [9.17, 15) is 9.90 Å². The number of carbonyl (C=O) groups is 1. The van der Waals surface area contributed by atoms with E-state index in [1.807, 2.05) is 38.1 Å². The fraction of sp³-hybridized carbons (Fsp3) is 0.200. The number of carbonyl (C=O) groups excluding carboxylic acids is 1. The molecule has 0 bridgehead atoms. The van der Waals surface area contributed by atoms with E-state index in [-0.39, 0.29) is 11.7 Å². The van der Waals surface area contributed by atoms with Gasteiger partial charge in [0.1, 0.15) is 16.4 Å². The van der Waals surface area contributed by atoms with Crippen LogP contribution >= 0.6 is 11.3 Å². The number of aromatic nitrogens is 1. The Hall–Kier alpha value is -3.06. The summed E-state index contributed by atoms with van der Waals surface area (Å²) in [6, 6.07) is 10.9. The maximum atomic E-state index is 12.5. The topological polar surface area (TPSA) is 83.5 Å². The Balaban J connectivity index is 1.70. The molecule has 3 N–H and O–H groups in total. The van der Waals surface area contributed by atoms with Gasteiger partial charge in [-0.25, -0.2) is 4.98 Å². The summed E-state index contributed by atoms with van der Waals surface area (Å²) in [7, 11) is 0. The highest BCUT2D eigenvalue weighted by molar-refractivity contribution is 7.17. The third-order valence-electron chi connectivity index (χ3n) is 4.03. The molecule has 1 amide bonds. The predicted octanol–water partition coefficient (Wildman–Crippen LogP) is 4.86. The molecule has 0 radical (unpaired) electrons. The van der Waals surface area contributed by atoms with Crippen LogP contribution in [0.2, 0.25) is 0 Å². The Labute approximate surface area is 161 Å². The SMILES string of the molecule is CCOc1ccc(Nc2ncc(C(=O)Nc3c(C)ccc(O)c3C)s2)cc1. The van der Waals surface area contributed by atoms with Crippen molar-refractivity contribution in [3.8, 4) is 11.5 Å². The van der Waals surface area contributed by atoms with Crippen LogP contribution in [0.25, 0.3) is 0 Å². The normalized spacial score (nSPS) is 10.5. The highest BCUT2D eigenvalue weighted by Gasteiger charge is 2.15. The molecule has 1 aromatic heterocycles. The lowest BCUT2D eigenvalue weighted by atomic mass is 10.1. The summed E-state index contributed by atoms with van der Waals surface area (Å²) in [4.78, 5) is 17.3. The minimum Gasteiger partial charge on any atom is -0.508 e. The van der Waals surface area contributed by atoms with Crippen molar-refractivity contribution >= 4 is 33.8 Å². The minimum absolute atomic E-state index is 0.151. The van der Waals surface area contributed by atoms with Gasteiger partial charge in [-0.3, -0.25) is 4.79 Å². The Morgan fingerprint density at radius 1 is 1.19 bits per heavy atom. The van der Waals surface area contributed by atoms with Crippen LogP contribution in [0.1, 0.15) is 27.7 Å². The molecule has 0 saturated heterocycles. The number of aromatic hydroxyl groups is 1. The van der Waals surface area contributed by atoms with Crippen molar-refractivity contribution in [2.24, 2.45) is 0 Å². The van der Waals surface area contributed by atoms with E-state index in [4.69, 9.17) is 4.74 Å². The Morgan fingerprint density at radius 2 is 1.93 bits per heavy atom. The number of hydrogen-bond donors (Lipinski definition) is 3. The molecule has 0 aliphatic heterocycles. The van der Waals surface area contributed by atoms with Crippen LogP contribution in [0.5, 0.6) is 11.5 Å². The molecular formula is C20H21N3O3S. The maximum Gasteiger partial charge on any atom is 0.267 e. The summed E-state index contributed by atoms with van der Waals surface area (Å²) in [5, 5.41) is 16.5. The van der Waals surface area contributed by atoms with Crippen molar-refractivity contribution < 1.29 is 14.6 Å². The lowest BCUT2D eigenvalue weighted by Gasteiger charge is -2.11. The van der Waals surface area contributed by atoms with Crippen molar-refractivity contribution in [2.75, 3.05) is 17.2 Å². The molecular weight excluding hydrogens is 362 g/mol. The molecule has 0 atom stereocenters. The Morgan fingerprint density at radius 3 is 2.63 bits per heavy atom. The van der Waals surface area contributed by atoms with Gasteiger partial charge in [-0.1, -0.05) is 17.4 Å². The van der Waals surface area contributed by atoms with E-state index in [2.05, 4.69) is 15.6 Å². The Bertz CT molecular complexity index is 952. The molecule has 3 aromatic rings. The van der Waals surface area contributed by atoms with Gasteiger partial charge in [-0.15, -0.1) is 0 Å². The average molecular weight is 383 g/mol. The van der Waals surface area contributed by atoms with Gasteiger partial charge >= 0.3 is 0 Å². The van der Waals surface area contributed by atoms with Gasteiger partial charge in [0.05, 0.1) is 18.5 Å². The van der Waals surface area contributed by atoms with E-state index < -0.39 is 0 Å². The lowest BCUT2D eigenvalue weighted by Crippen LogP contribution is -2.12. The van der Waals surface area contributed by atoms with Crippen molar-refractivity contribution in [1.29, 1.82) is 0 Å². The molecule has 6 nitrogen and oxygen atoms in total. The Kier molecular flexibility index (Phi) is 5.61. The van der Waals surface area contributed by atoms with Crippen molar-refractivity contribution in [3.05, 3.63) is 58.6 Å². The molecule has 140 valence electrons. The summed E-state index contributed by atoms with van der Waals surface area (Å²) in [6.45, 7) is 6.21. The molecule has 2 aromatic carbocycles. The maximum absolute atomic E-state index is 12.5. The van der Waals surface area contributed by atoms with Gasteiger partial charge in [0.15, 0.2) is 5.13 Å². The number of thiazole rings is 1. The summed E-state index contributed by atoms with van der Waals surface area (Å²) >= 11 is 1.26. The number of hydrogen-bond acceptors (Lipinski definition) is 6. The summed E-state index contributed by atoms with van der Waals surface area (Å²) in [6.07, 6.45) is 1.53. The second kappa shape index (κ2) is 8.09. The second-order valence-corrected chi connectivity index (χ2v) is 7.00. The highest BCUT2D eigenvalue weighted by atomic mass is 32.1. The first-order valence-corrected chi connectivity index (χ1v) is 9.35. The van der Waals surface area contributed by atoms with E-state index in [0.29, 0.717) is 27.9 Å². The van der Waals surface area contributed by atoms with Gasteiger partial charge < -0.3 is 20.5 Å². The van der Waals surface area contributed by atoms with Gasteiger partial charge in [0.2, 0.25) is 0 Å². The molecule has 1 heterocycles. The standard InChI is InChI=1S/C20H21N3O3S/c1-4-26-15-8-6-14(7-9-15)22-20-21-11-17(27-20)19(25)23-18-12(2)5-10-16(24)13(18)3/h5-11,24H,4H2,1-3H3,(H,21,22)(H,23,25). The number of phenols is 1. The molecule has 0 unspecified atom stereocenters. The van der Waals surface area contributed by atoms with Crippen LogP contribution in [0.3, 0.4) is 0 Å². The third-order valence-corrected chi connectivity index (χ3v) is 4.94. The number of anilines is 3. The minimum atomic E-state index is -0.260. The predicted molar refractivity (Wildman–Crippen MR) is 109 cm³/mol. The van der Waals surface area contributed by atoms with Gasteiger partial charge in [-0.05, 0) is 56.7 Å². The molecule has 0 aliphatic carbocycles. The van der Waals surface area contributed by atoms with Crippen LogP contribution < -0.4 is 15.4 Å². The first-order chi connectivity index (χ1) is 13.0. The molecule has 27 heavy (non-hydrogen) atoms. The molecule has 3 rings (SSSR count). The van der Waals surface area contributed by atoms with Gasteiger partial charge in [0.25, 0.3) is 5.91 Å². The molecule has 0 saturated carbocycles. The van der Waals surface area contributed by atoms with E-state index in [1.165, 1.54) is 17.5 Å². The molecule has 0 aliphatic rings. The van der Waals surface area contributed by atoms with E-state index in [1.54, 1.807) is 19.1 Å². The number of aryl methyl sites for hydroxylation is 1. The summed E-state index contributed by atoms with van der Waals surface area (Å²) in [5.41, 5.74) is 3.00. The molecule has 0 fully saturated rings. The number of benzene rings is 2. The van der Waals surface area contributed by atoms with E-state index >= 15 is 0 Å². The highest BCUT2D eigenvalue weighted by Crippen LogP contribution is 2.30. The monoisotopic (exact) mass is 383 g/mol. The van der Waals surface area contributed by atoms with Crippen LogP contribution in [0.4, 0.5) is 16.5 Å². The molecule has 7 heteroatoms. The fourth-order valence-electron chi connectivity index (χ4n) is 2.57. The zero-order chi connectivity index (χ0) is 19.4. The zero-order valence-corrected chi connectivity index (χ0v) is 16.2. The van der Waals surface area contributed by atoms with Crippen molar-refractivity contribution in [2.45, 2.75) is 20.8 Å². The number of amides is 1. The van der Waals surface area contributed by atoms with E-state index in [0.717, 1.165) is 17.0 Å². The third kappa shape index (κ3) is 4.38. The number of nitrogens with zero attached hydrogens (tertiary/aromatic N) is 1. The zero-order valence-electron chi connectivity index (χ0n) is 15.4. The van der Waals surface area contributed by atoms with Crippen LogP contribution in [0, 0.1) is 13.8 Å². The first-order valence-electron chi connectivity index (χ1n) is 8.54. The second-order valence-electron chi connectivity index (χ2n) is 5.97. The van der Waals surface area contributed by atoms with Crippen molar-refractivity contribution in [3.63, 3.8) is 0 Å². The smallest absolute Gasteiger partial charge is 0.267 e. The molecule has 0 spiro atoms. The van der Waals surface area contributed by atoms with Gasteiger partial charge in [0, 0.05) is 11.3 Å². The number of phenolic OH excluding ortho intramolecular Hbond substituents is 1. The quantitative estimate of drug-likeness (QED) is 0.566. The summed E-state index contributed by atoms with van der Waals surface area (Å²) < 4.78 is 5.42. The van der Waals surface area contributed by atoms with Crippen LogP contribution in [-0.4, -0.2) is 22.6 Å². The largest absolute Gasteiger partial charge is 0.508 e. The number of nitrogens with one attached hydrogen (secondary N) is 2. The number of rotatable bonds is 6. The lowest BCUT2D eigenvalue weighted by molar-refractivity contribution is 0.103.